The first-order valence-corrected chi connectivity index (χ1v) is 5.41. The highest BCUT2D eigenvalue weighted by molar-refractivity contribution is 7.09. The zero-order chi connectivity index (χ0) is 9.80. The van der Waals surface area contributed by atoms with E-state index >= 15 is 0 Å². The molecule has 0 amide bonds. The molecule has 2 nitrogen and oxygen atoms in total. The van der Waals surface area contributed by atoms with Crippen LogP contribution in [-0.4, -0.2) is 4.98 Å². The minimum absolute atomic E-state index is 0.807. The molecular formula is C11H12N2S. The van der Waals surface area contributed by atoms with Crippen LogP contribution in [0.1, 0.15) is 10.6 Å². The summed E-state index contributed by atoms with van der Waals surface area (Å²) in [7, 11) is 0. The molecule has 2 aromatic rings. The summed E-state index contributed by atoms with van der Waals surface area (Å²) in [4.78, 5) is 4.21. The van der Waals surface area contributed by atoms with Gasteiger partial charge in [0.05, 0.1) is 6.54 Å². The van der Waals surface area contributed by atoms with Gasteiger partial charge in [-0.3, -0.25) is 0 Å². The summed E-state index contributed by atoms with van der Waals surface area (Å²) in [5.74, 6) is 0. The Bertz CT molecular complexity index is 395. The smallest absolute Gasteiger partial charge is 0.112 e. The highest BCUT2D eigenvalue weighted by Gasteiger charge is 1.95. The van der Waals surface area contributed by atoms with Gasteiger partial charge >= 0.3 is 0 Å². The monoisotopic (exact) mass is 204 g/mol. The van der Waals surface area contributed by atoms with Crippen molar-refractivity contribution in [1.29, 1.82) is 0 Å². The standard InChI is InChI=1S/C11H12N2S/c1-9-3-2-4-10(7-9)13-8-11-12-5-6-14-11/h2-7,13H,8H2,1H3. The molecule has 0 radical (unpaired) electrons. The van der Waals surface area contributed by atoms with Crippen LogP contribution in [-0.2, 0) is 6.54 Å². The number of nitrogens with zero attached hydrogens (tertiary/aromatic N) is 1. The highest BCUT2D eigenvalue weighted by Crippen LogP contribution is 2.12. The van der Waals surface area contributed by atoms with Gasteiger partial charge in [-0.1, -0.05) is 12.1 Å². The number of thiazole rings is 1. The highest BCUT2D eigenvalue weighted by atomic mass is 32.1. The number of anilines is 1. The number of hydrogen-bond acceptors (Lipinski definition) is 3. The van der Waals surface area contributed by atoms with Gasteiger partial charge < -0.3 is 5.32 Å². The molecular weight excluding hydrogens is 192 g/mol. The van der Waals surface area contributed by atoms with Crippen LogP contribution in [0, 0.1) is 6.92 Å². The third-order valence-electron chi connectivity index (χ3n) is 1.95. The predicted octanol–water partition coefficient (Wildman–Crippen LogP) is 3.06. The van der Waals surface area contributed by atoms with Crippen molar-refractivity contribution < 1.29 is 0 Å². The van der Waals surface area contributed by atoms with E-state index in [4.69, 9.17) is 0 Å². The lowest BCUT2D eigenvalue weighted by Gasteiger charge is -2.04. The predicted molar refractivity (Wildman–Crippen MR) is 60.6 cm³/mol. The molecule has 0 saturated carbocycles. The summed E-state index contributed by atoms with van der Waals surface area (Å²) in [5, 5.41) is 6.45. The zero-order valence-corrected chi connectivity index (χ0v) is 8.84. The third-order valence-corrected chi connectivity index (χ3v) is 2.72. The van der Waals surface area contributed by atoms with E-state index in [9.17, 15) is 0 Å². The van der Waals surface area contributed by atoms with Gasteiger partial charge in [-0.15, -0.1) is 11.3 Å². The van der Waals surface area contributed by atoms with E-state index in [1.807, 2.05) is 11.6 Å². The maximum absolute atomic E-state index is 4.21. The van der Waals surface area contributed by atoms with Crippen LogP contribution in [0.15, 0.2) is 35.8 Å². The van der Waals surface area contributed by atoms with Crippen LogP contribution in [0.25, 0.3) is 0 Å². The van der Waals surface area contributed by atoms with Crippen molar-refractivity contribution in [2.24, 2.45) is 0 Å². The van der Waals surface area contributed by atoms with Crippen molar-refractivity contribution >= 4 is 17.0 Å². The summed E-state index contributed by atoms with van der Waals surface area (Å²) in [5.41, 5.74) is 2.43. The Morgan fingerprint density at radius 3 is 3.07 bits per heavy atom. The first-order chi connectivity index (χ1) is 6.84. The second-order valence-corrected chi connectivity index (χ2v) is 4.13. The van der Waals surface area contributed by atoms with Crippen molar-refractivity contribution in [1.82, 2.24) is 4.98 Å². The minimum Gasteiger partial charge on any atom is -0.379 e. The quantitative estimate of drug-likeness (QED) is 0.831. The Morgan fingerprint density at radius 1 is 1.43 bits per heavy atom. The van der Waals surface area contributed by atoms with Gasteiger partial charge in [0.15, 0.2) is 0 Å². The number of aromatic nitrogens is 1. The molecule has 14 heavy (non-hydrogen) atoms. The molecule has 1 N–H and O–H groups in total. The normalized spacial score (nSPS) is 10.1. The van der Waals surface area contributed by atoms with Crippen LogP contribution in [0.3, 0.4) is 0 Å². The van der Waals surface area contributed by atoms with Gasteiger partial charge in [0.1, 0.15) is 5.01 Å². The lowest BCUT2D eigenvalue weighted by atomic mass is 10.2. The van der Waals surface area contributed by atoms with E-state index in [1.54, 1.807) is 11.3 Å². The van der Waals surface area contributed by atoms with E-state index < -0.39 is 0 Å². The number of rotatable bonds is 3. The number of nitrogens with one attached hydrogen (secondary N) is 1. The van der Waals surface area contributed by atoms with E-state index in [2.05, 4.69) is 41.5 Å². The van der Waals surface area contributed by atoms with Gasteiger partial charge in [-0.25, -0.2) is 4.98 Å². The fourth-order valence-corrected chi connectivity index (χ4v) is 1.83. The van der Waals surface area contributed by atoms with Gasteiger partial charge in [-0.05, 0) is 24.6 Å². The average molecular weight is 204 g/mol. The number of hydrogen-bond donors (Lipinski definition) is 1. The fraction of sp³-hybridized carbons (Fsp3) is 0.182. The van der Waals surface area contributed by atoms with Gasteiger partial charge in [0.25, 0.3) is 0 Å². The van der Waals surface area contributed by atoms with Crippen molar-refractivity contribution in [2.45, 2.75) is 13.5 Å². The van der Waals surface area contributed by atoms with Gasteiger partial charge in [-0.2, -0.15) is 0 Å². The van der Waals surface area contributed by atoms with Gasteiger partial charge in [0.2, 0.25) is 0 Å². The Hall–Kier alpha value is -1.35. The Kier molecular flexibility index (Phi) is 2.79. The van der Waals surface area contributed by atoms with Crippen molar-refractivity contribution in [3.63, 3.8) is 0 Å². The summed E-state index contributed by atoms with van der Waals surface area (Å²) < 4.78 is 0. The molecule has 0 aliphatic carbocycles. The third kappa shape index (κ3) is 2.33. The Morgan fingerprint density at radius 2 is 2.36 bits per heavy atom. The molecule has 0 atom stereocenters. The fourth-order valence-electron chi connectivity index (χ4n) is 1.27. The molecule has 1 heterocycles. The number of aryl methyl sites for hydroxylation is 1. The molecule has 0 unspecified atom stereocenters. The molecule has 3 heteroatoms. The van der Waals surface area contributed by atoms with E-state index in [0.29, 0.717) is 0 Å². The van der Waals surface area contributed by atoms with Gasteiger partial charge in [0, 0.05) is 17.3 Å². The van der Waals surface area contributed by atoms with E-state index in [-0.39, 0.29) is 0 Å². The molecule has 0 aliphatic rings. The largest absolute Gasteiger partial charge is 0.379 e. The summed E-state index contributed by atoms with van der Waals surface area (Å²) >= 11 is 1.67. The zero-order valence-electron chi connectivity index (χ0n) is 8.03. The lowest BCUT2D eigenvalue weighted by Crippen LogP contribution is -1.98. The van der Waals surface area contributed by atoms with Crippen LogP contribution in [0.4, 0.5) is 5.69 Å². The second kappa shape index (κ2) is 4.24. The maximum atomic E-state index is 4.21. The van der Waals surface area contributed by atoms with E-state index in [0.717, 1.165) is 17.2 Å². The van der Waals surface area contributed by atoms with Crippen LogP contribution in [0.2, 0.25) is 0 Å². The first-order valence-electron chi connectivity index (χ1n) is 4.53. The summed E-state index contributed by atoms with van der Waals surface area (Å²) in [6.45, 7) is 2.90. The molecule has 0 bridgehead atoms. The van der Waals surface area contributed by atoms with Crippen LogP contribution in [0.5, 0.6) is 0 Å². The Balaban J connectivity index is 1.98. The van der Waals surface area contributed by atoms with Crippen LogP contribution >= 0.6 is 11.3 Å². The first kappa shape index (κ1) is 9.21. The topological polar surface area (TPSA) is 24.9 Å². The molecule has 0 aliphatic heterocycles. The molecule has 0 spiro atoms. The van der Waals surface area contributed by atoms with Crippen molar-refractivity contribution in [2.75, 3.05) is 5.32 Å². The van der Waals surface area contributed by atoms with Crippen LogP contribution < -0.4 is 5.32 Å². The van der Waals surface area contributed by atoms with E-state index in [1.165, 1.54) is 5.56 Å². The summed E-state index contributed by atoms with van der Waals surface area (Å²) in [6.07, 6.45) is 1.83. The molecule has 0 saturated heterocycles. The Labute approximate surface area is 87.6 Å². The van der Waals surface area contributed by atoms with Crippen molar-refractivity contribution in [3.8, 4) is 0 Å². The molecule has 72 valence electrons. The minimum atomic E-state index is 0.807. The molecule has 2 rings (SSSR count). The molecule has 1 aromatic heterocycles. The second-order valence-electron chi connectivity index (χ2n) is 3.15. The average Bonchev–Trinajstić information content (AvgIpc) is 2.67. The SMILES string of the molecule is Cc1cccc(NCc2nccs2)c1. The van der Waals surface area contributed by atoms with Crippen molar-refractivity contribution in [3.05, 3.63) is 46.4 Å². The number of benzene rings is 1. The molecule has 1 aromatic carbocycles. The molecule has 0 fully saturated rings. The lowest BCUT2D eigenvalue weighted by molar-refractivity contribution is 1.10. The summed E-state index contributed by atoms with van der Waals surface area (Å²) in [6, 6.07) is 8.35. The maximum Gasteiger partial charge on any atom is 0.112 e.